The van der Waals surface area contributed by atoms with Gasteiger partial charge < -0.3 is 4.74 Å². The van der Waals surface area contributed by atoms with Crippen LogP contribution in [0.2, 0.25) is 0 Å². The van der Waals surface area contributed by atoms with Crippen LogP contribution < -0.4 is 4.74 Å². The molecule has 0 aliphatic heterocycles. The van der Waals surface area contributed by atoms with Gasteiger partial charge in [-0.05, 0) is 55.5 Å². The van der Waals surface area contributed by atoms with E-state index in [0.717, 1.165) is 5.56 Å². The van der Waals surface area contributed by atoms with Gasteiger partial charge in [0.1, 0.15) is 11.6 Å². The van der Waals surface area contributed by atoms with Crippen molar-refractivity contribution < 1.29 is 22.3 Å². The Bertz CT molecular complexity index is 660. The third kappa shape index (κ3) is 4.24. The molecule has 0 saturated heterocycles. The molecule has 124 valence electrons. The highest BCUT2D eigenvalue weighted by atomic mass is 19.4. The molecule has 0 spiro atoms. The Balaban J connectivity index is 2.19. The predicted octanol–water partition coefficient (Wildman–Crippen LogP) is 5.34. The van der Waals surface area contributed by atoms with Crippen molar-refractivity contribution in [3.05, 3.63) is 64.5 Å². The average molecular weight is 326 g/mol. The SMILES string of the molecule is CCOc1ccc(CCc2ccc(C)c(F)c2C(F)(F)F)cc1. The fourth-order valence-corrected chi connectivity index (χ4v) is 2.43. The lowest BCUT2D eigenvalue weighted by Crippen LogP contribution is -2.14. The number of aryl methyl sites for hydroxylation is 3. The van der Waals surface area contributed by atoms with E-state index in [9.17, 15) is 17.6 Å². The Morgan fingerprint density at radius 2 is 1.61 bits per heavy atom. The lowest BCUT2D eigenvalue weighted by molar-refractivity contribution is -0.140. The molecule has 0 fully saturated rings. The fraction of sp³-hybridized carbons (Fsp3) is 0.333. The molecule has 0 aromatic heterocycles. The number of benzene rings is 2. The second-order valence-corrected chi connectivity index (χ2v) is 5.31. The van der Waals surface area contributed by atoms with Gasteiger partial charge in [0.05, 0.1) is 12.2 Å². The largest absolute Gasteiger partial charge is 0.494 e. The number of hydrogen-bond acceptors (Lipinski definition) is 1. The van der Waals surface area contributed by atoms with Crippen LogP contribution in [0.4, 0.5) is 17.6 Å². The lowest BCUT2D eigenvalue weighted by Gasteiger charge is -2.15. The molecule has 0 heterocycles. The van der Waals surface area contributed by atoms with Crippen molar-refractivity contribution in [3.63, 3.8) is 0 Å². The number of halogens is 4. The molecule has 1 nitrogen and oxygen atoms in total. The summed E-state index contributed by atoms with van der Waals surface area (Å²) in [5.74, 6) is -0.463. The first kappa shape index (κ1) is 17.3. The van der Waals surface area contributed by atoms with Gasteiger partial charge in [-0.15, -0.1) is 0 Å². The normalized spacial score (nSPS) is 11.6. The van der Waals surface area contributed by atoms with Gasteiger partial charge >= 0.3 is 6.18 Å². The van der Waals surface area contributed by atoms with Crippen molar-refractivity contribution in [3.8, 4) is 5.75 Å². The minimum Gasteiger partial charge on any atom is -0.494 e. The summed E-state index contributed by atoms with van der Waals surface area (Å²) in [4.78, 5) is 0. The zero-order valence-electron chi connectivity index (χ0n) is 13.0. The summed E-state index contributed by atoms with van der Waals surface area (Å²) in [6, 6.07) is 9.91. The highest BCUT2D eigenvalue weighted by molar-refractivity contribution is 5.36. The van der Waals surface area contributed by atoms with Crippen molar-refractivity contribution in [1.82, 2.24) is 0 Å². The maximum Gasteiger partial charge on any atom is 0.419 e. The topological polar surface area (TPSA) is 9.23 Å². The van der Waals surface area contributed by atoms with Gasteiger partial charge in [-0.2, -0.15) is 13.2 Å². The molecule has 0 unspecified atom stereocenters. The first-order valence-corrected chi connectivity index (χ1v) is 7.39. The summed E-state index contributed by atoms with van der Waals surface area (Å²) in [5.41, 5.74) is -0.289. The van der Waals surface area contributed by atoms with E-state index >= 15 is 0 Å². The van der Waals surface area contributed by atoms with Crippen LogP contribution in [-0.2, 0) is 19.0 Å². The van der Waals surface area contributed by atoms with Crippen molar-refractivity contribution >= 4 is 0 Å². The summed E-state index contributed by atoms with van der Waals surface area (Å²) in [5, 5.41) is 0. The first-order valence-electron chi connectivity index (χ1n) is 7.39. The minimum atomic E-state index is -4.69. The van der Waals surface area contributed by atoms with Gasteiger partial charge in [0.2, 0.25) is 0 Å². The zero-order valence-corrected chi connectivity index (χ0v) is 13.0. The Kier molecular flexibility index (Phi) is 5.29. The molecule has 0 N–H and O–H groups in total. The monoisotopic (exact) mass is 326 g/mol. The third-order valence-electron chi connectivity index (χ3n) is 3.62. The Labute approximate surface area is 132 Å². The average Bonchev–Trinajstić information content (AvgIpc) is 2.49. The van der Waals surface area contributed by atoms with Crippen molar-refractivity contribution in [1.29, 1.82) is 0 Å². The first-order chi connectivity index (χ1) is 10.8. The second kappa shape index (κ2) is 7.02. The molecule has 23 heavy (non-hydrogen) atoms. The Morgan fingerprint density at radius 3 is 2.17 bits per heavy atom. The standard InChI is InChI=1S/C18H18F4O/c1-3-23-15-10-6-13(7-11-15)5-9-14-8-4-12(2)17(19)16(14)18(20,21)22/h4,6-8,10-11H,3,5,9H2,1-2H3. The zero-order chi connectivity index (χ0) is 17.0. The predicted molar refractivity (Wildman–Crippen MR) is 81.2 cm³/mol. The molecule has 2 rings (SSSR count). The van der Waals surface area contributed by atoms with Crippen LogP contribution in [-0.4, -0.2) is 6.61 Å². The second-order valence-electron chi connectivity index (χ2n) is 5.31. The van der Waals surface area contributed by atoms with E-state index in [0.29, 0.717) is 18.8 Å². The van der Waals surface area contributed by atoms with Gasteiger partial charge in [-0.1, -0.05) is 24.3 Å². The van der Waals surface area contributed by atoms with Gasteiger partial charge in [0, 0.05) is 0 Å². The molecular weight excluding hydrogens is 308 g/mol. The summed E-state index contributed by atoms with van der Waals surface area (Å²) >= 11 is 0. The van der Waals surface area contributed by atoms with E-state index in [-0.39, 0.29) is 17.5 Å². The highest BCUT2D eigenvalue weighted by Crippen LogP contribution is 2.35. The summed E-state index contributed by atoms with van der Waals surface area (Å²) in [6.07, 6.45) is -4.16. The molecule has 5 heteroatoms. The van der Waals surface area contributed by atoms with Crippen LogP contribution in [0.3, 0.4) is 0 Å². The summed E-state index contributed by atoms with van der Waals surface area (Å²) in [7, 11) is 0. The summed E-state index contributed by atoms with van der Waals surface area (Å²) in [6.45, 7) is 3.76. The van der Waals surface area contributed by atoms with E-state index < -0.39 is 17.6 Å². The van der Waals surface area contributed by atoms with Gasteiger partial charge in [0.25, 0.3) is 0 Å². The third-order valence-corrected chi connectivity index (χ3v) is 3.62. The minimum absolute atomic E-state index is 0.00198. The summed E-state index contributed by atoms with van der Waals surface area (Å²) < 4.78 is 58.5. The molecule has 0 amide bonds. The van der Waals surface area contributed by atoms with Gasteiger partial charge in [-0.3, -0.25) is 0 Å². The molecular formula is C18H18F4O. The molecule has 0 atom stereocenters. The van der Waals surface area contributed by atoms with Crippen LogP contribution in [0.5, 0.6) is 5.75 Å². The van der Waals surface area contributed by atoms with Gasteiger partial charge in [-0.25, -0.2) is 4.39 Å². The van der Waals surface area contributed by atoms with Crippen LogP contribution in [0.15, 0.2) is 36.4 Å². The number of rotatable bonds is 5. The molecule has 0 aliphatic carbocycles. The molecule has 0 radical (unpaired) electrons. The number of alkyl halides is 3. The van der Waals surface area contributed by atoms with Crippen molar-refractivity contribution in [2.75, 3.05) is 6.61 Å². The number of hydrogen-bond donors (Lipinski definition) is 0. The molecule has 2 aromatic carbocycles. The maximum absolute atomic E-state index is 13.9. The molecule has 0 aliphatic rings. The van der Waals surface area contributed by atoms with E-state index in [1.54, 1.807) is 12.1 Å². The Hall–Kier alpha value is -2.04. The van der Waals surface area contributed by atoms with E-state index in [1.807, 2.05) is 19.1 Å². The van der Waals surface area contributed by atoms with Crippen LogP contribution >= 0.6 is 0 Å². The maximum atomic E-state index is 13.9. The Morgan fingerprint density at radius 1 is 0.957 bits per heavy atom. The van der Waals surface area contributed by atoms with Gasteiger partial charge in [0.15, 0.2) is 0 Å². The van der Waals surface area contributed by atoms with Crippen molar-refractivity contribution in [2.45, 2.75) is 32.9 Å². The van der Waals surface area contributed by atoms with Crippen LogP contribution in [0.25, 0.3) is 0 Å². The quantitative estimate of drug-likeness (QED) is 0.674. The smallest absolute Gasteiger partial charge is 0.419 e. The number of ether oxygens (including phenoxy) is 1. The molecule has 2 aromatic rings. The van der Waals surface area contributed by atoms with E-state index in [4.69, 9.17) is 4.74 Å². The van der Waals surface area contributed by atoms with Crippen molar-refractivity contribution in [2.24, 2.45) is 0 Å². The molecule has 0 bridgehead atoms. The fourth-order valence-electron chi connectivity index (χ4n) is 2.43. The van der Waals surface area contributed by atoms with E-state index in [2.05, 4.69) is 0 Å². The lowest BCUT2D eigenvalue weighted by atomic mass is 9.97. The molecule has 0 saturated carbocycles. The van der Waals surface area contributed by atoms with Crippen LogP contribution in [0.1, 0.15) is 29.2 Å². The van der Waals surface area contributed by atoms with E-state index in [1.165, 1.54) is 19.1 Å². The highest BCUT2D eigenvalue weighted by Gasteiger charge is 2.37. The van der Waals surface area contributed by atoms with Crippen LogP contribution in [0, 0.1) is 12.7 Å².